The van der Waals surface area contributed by atoms with E-state index >= 15 is 0 Å². The topological polar surface area (TPSA) is 86.9 Å². The minimum atomic E-state index is -0.116. The number of nitrogens with one attached hydrogen (secondary N) is 1. The van der Waals surface area contributed by atoms with E-state index in [-0.39, 0.29) is 11.9 Å². The molecule has 0 radical (unpaired) electrons. The molecule has 0 fully saturated rings. The van der Waals surface area contributed by atoms with Crippen molar-refractivity contribution in [2.75, 3.05) is 13.7 Å². The zero-order valence-corrected chi connectivity index (χ0v) is 17.2. The van der Waals surface area contributed by atoms with Crippen molar-refractivity contribution in [1.82, 2.24) is 30.1 Å². The zero-order chi connectivity index (χ0) is 21.1. The van der Waals surface area contributed by atoms with Gasteiger partial charge in [-0.25, -0.2) is 0 Å². The summed E-state index contributed by atoms with van der Waals surface area (Å²) in [4.78, 5) is 14.1. The number of benzene rings is 2. The van der Waals surface area contributed by atoms with Gasteiger partial charge in [-0.05, 0) is 49.4 Å². The summed E-state index contributed by atoms with van der Waals surface area (Å²) in [5.74, 6) is 1.28. The summed E-state index contributed by atoms with van der Waals surface area (Å²) >= 11 is 0. The zero-order valence-electron chi connectivity index (χ0n) is 17.2. The normalized spacial score (nSPS) is 11.2. The van der Waals surface area contributed by atoms with E-state index in [1.807, 2.05) is 56.4 Å². The van der Waals surface area contributed by atoms with Crippen molar-refractivity contribution in [3.63, 3.8) is 0 Å². The van der Waals surface area contributed by atoms with E-state index < -0.39 is 0 Å². The fraction of sp³-hybridized carbons (Fsp3) is 0.273. The Morgan fingerprint density at radius 3 is 2.63 bits per heavy atom. The van der Waals surface area contributed by atoms with E-state index in [9.17, 15) is 4.79 Å². The summed E-state index contributed by atoms with van der Waals surface area (Å²) in [5.41, 5.74) is 2.50. The molecule has 0 saturated heterocycles. The Kier molecular flexibility index (Phi) is 5.47. The van der Waals surface area contributed by atoms with Crippen molar-refractivity contribution in [3.8, 4) is 17.1 Å². The van der Waals surface area contributed by atoms with Gasteiger partial charge in [0.25, 0.3) is 5.91 Å². The summed E-state index contributed by atoms with van der Waals surface area (Å²) in [6, 6.07) is 15.3. The van der Waals surface area contributed by atoms with Crippen molar-refractivity contribution in [3.05, 3.63) is 60.3 Å². The number of methoxy groups -OCH3 is 1. The van der Waals surface area contributed by atoms with Crippen molar-refractivity contribution < 1.29 is 9.53 Å². The number of nitrogens with zero attached hydrogens (tertiary/aromatic N) is 5. The Balaban J connectivity index is 1.37. The fourth-order valence-electron chi connectivity index (χ4n) is 3.29. The lowest BCUT2D eigenvalue weighted by molar-refractivity contribution is 0.0952. The first-order valence-corrected chi connectivity index (χ1v) is 9.87. The number of carbonyl (C=O) groups is 1. The highest BCUT2D eigenvalue weighted by Crippen LogP contribution is 2.26. The quantitative estimate of drug-likeness (QED) is 0.511. The maximum atomic E-state index is 12.5. The number of hydrogen-bond acceptors (Lipinski definition) is 5. The van der Waals surface area contributed by atoms with Gasteiger partial charge in [-0.2, -0.15) is 4.80 Å². The standard InChI is InChI=1S/C22H24N6O2/c1-15(2)28-25-21(24-26-28)16-7-9-17(10-8-16)22(29)23-12-14-27-13-11-18-19(27)5-4-6-20(18)30-3/h4-11,13,15H,12,14H2,1-3H3,(H,23,29). The van der Waals surface area contributed by atoms with Crippen LogP contribution in [0.4, 0.5) is 0 Å². The summed E-state index contributed by atoms with van der Waals surface area (Å²) in [7, 11) is 1.67. The van der Waals surface area contributed by atoms with Gasteiger partial charge in [-0.15, -0.1) is 10.2 Å². The maximum Gasteiger partial charge on any atom is 0.251 e. The second-order valence-corrected chi connectivity index (χ2v) is 7.26. The molecule has 30 heavy (non-hydrogen) atoms. The third kappa shape index (κ3) is 3.89. The van der Waals surface area contributed by atoms with Gasteiger partial charge in [0.1, 0.15) is 5.75 Å². The van der Waals surface area contributed by atoms with Gasteiger partial charge in [-0.1, -0.05) is 18.2 Å². The molecular formula is C22H24N6O2. The molecule has 154 valence electrons. The first-order valence-electron chi connectivity index (χ1n) is 9.87. The number of hydrogen-bond donors (Lipinski definition) is 1. The molecular weight excluding hydrogens is 380 g/mol. The van der Waals surface area contributed by atoms with Gasteiger partial charge in [0.15, 0.2) is 0 Å². The Bertz CT molecular complexity index is 1160. The van der Waals surface area contributed by atoms with E-state index in [0.29, 0.717) is 24.5 Å². The number of tetrazole rings is 1. The average Bonchev–Trinajstić information content (AvgIpc) is 3.41. The largest absolute Gasteiger partial charge is 0.496 e. The highest BCUT2D eigenvalue weighted by atomic mass is 16.5. The molecule has 8 heteroatoms. The molecule has 2 heterocycles. The molecule has 1 amide bonds. The Morgan fingerprint density at radius 2 is 1.93 bits per heavy atom. The molecule has 2 aromatic carbocycles. The molecule has 0 atom stereocenters. The van der Waals surface area contributed by atoms with Crippen LogP contribution in [0.25, 0.3) is 22.3 Å². The molecule has 2 aromatic heterocycles. The van der Waals surface area contributed by atoms with Gasteiger partial charge >= 0.3 is 0 Å². The predicted molar refractivity (Wildman–Crippen MR) is 114 cm³/mol. The molecule has 4 rings (SSSR count). The Morgan fingerprint density at radius 1 is 1.13 bits per heavy atom. The van der Waals surface area contributed by atoms with E-state index in [4.69, 9.17) is 4.74 Å². The summed E-state index contributed by atoms with van der Waals surface area (Å²) in [6.45, 7) is 5.17. The highest BCUT2D eigenvalue weighted by Gasteiger charge is 2.11. The molecule has 0 aliphatic heterocycles. The highest BCUT2D eigenvalue weighted by molar-refractivity contribution is 5.94. The fourth-order valence-corrected chi connectivity index (χ4v) is 3.29. The lowest BCUT2D eigenvalue weighted by Crippen LogP contribution is -2.27. The van der Waals surface area contributed by atoms with Crippen LogP contribution in [-0.2, 0) is 6.54 Å². The first-order chi connectivity index (χ1) is 14.6. The third-order valence-electron chi connectivity index (χ3n) is 4.93. The second-order valence-electron chi connectivity index (χ2n) is 7.26. The molecule has 0 spiro atoms. The van der Waals surface area contributed by atoms with Crippen LogP contribution < -0.4 is 10.1 Å². The van der Waals surface area contributed by atoms with Gasteiger partial charge < -0.3 is 14.6 Å². The van der Waals surface area contributed by atoms with Gasteiger partial charge in [0.05, 0.1) is 18.7 Å². The lowest BCUT2D eigenvalue weighted by atomic mass is 10.1. The average molecular weight is 404 g/mol. The maximum absolute atomic E-state index is 12.5. The van der Waals surface area contributed by atoms with Crippen molar-refractivity contribution >= 4 is 16.8 Å². The van der Waals surface area contributed by atoms with E-state index in [0.717, 1.165) is 22.2 Å². The van der Waals surface area contributed by atoms with Crippen LogP contribution in [0.1, 0.15) is 30.2 Å². The number of amides is 1. The molecule has 0 unspecified atom stereocenters. The minimum absolute atomic E-state index is 0.116. The molecule has 1 N–H and O–H groups in total. The van der Waals surface area contributed by atoms with Crippen LogP contribution in [0.5, 0.6) is 5.75 Å². The van der Waals surface area contributed by atoms with Crippen LogP contribution in [0.3, 0.4) is 0 Å². The molecule has 0 saturated carbocycles. The number of fused-ring (bicyclic) bond motifs is 1. The van der Waals surface area contributed by atoms with Crippen LogP contribution in [-0.4, -0.2) is 44.3 Å². The molecule has 0 bridgehead atoms. The van der Waals surface area contributed by atoms with E-state index in [1.165, 1.54) is 0 Å². The van der Waals surface area contributed by atoms with Crippen LogP contribution in [0.2, 0.25) is 0 Å². The van der Waals surface area contributed by atoms with Crippen molar-refractivity contribution in [2.45, 2.75) is 26.4 Å². The van der Waals surface area contributed by atoms with Crippen molar-refractivity contribution in [2.24, 2.45) is 0 Å². The smallest absolute Gasteiger partial charge is 0.251 e. The summed E-state index contributed by atoms with van der Waals surface area (Å²) in [6.07, 6.45) is 2.01. The molecule has 0 aliphatic rings. The molecule has 4 aromatic rings. The van der Waals surface area contributed by atoms with Gasteiger partial charge in [0, 0.05) is 35.8 Å². The van der Waals surface area contributed by atoms with Crippen LogP contribution >= 0.6 is 0 Å². The van der Waals surface area contributed by atoms with Gasteiger partial charge in [0.2, 0.25) is 5.82 Å². The van der Waals surface area contributed by atoms with Crippen LogP contribution in [0, 0.1) is 0 Å². The van der Waals surface area contributed by atoms with Gasteiger partial charge in [-0.3, -0.25) is 4.79 Å². The number of carbonyl (C=O) groups excluding carboxylic acids is 1. The molecule has 8 nitrogen and oxygen atoms in total. The first kappa shape index (κ1) is 19.6. The Hall–Kier alpha value is -3.68. The van der Waals surface area contributed by atoms with E-state index in [2.05, 4.69) is 25.3 Å². The van der Waals surface area contributed by atoms with Crippen LogP contribution in [0.15, 0.2) is 54.7 Å². The SMILES string of the molecule is COc1cccc2c1ccn2CCNC(=O)c1ccc(-c2nnn(C(C)C)n2)cc1. The number of aromatic nitrogens is 5. The van der Waals surface area contributed by atoms with Crippen molar-refractivity contribution in [1.29, 1.82) is 0 Å². The number of rotatable bonds is 7. The van der Waals surface area contributed by atoms with E-state index in [1.54, 1.807) is 24.0 Å². The molecule has 0 aliphatic carbocycles. The summed E-state index contributed by atoms with van der Waals surface area (Å²) < 4.78 is 7.50. The number of ether oxygens (including phenoxy) is 1. The third-order valence-corrected chi connectivity index (χ3v) is 4.93. The Labute approximate surface area is 174 Å². The second kappa shape index (κ2) is 8.36. The lowest BCUT2D eigenvalue weighted by Gasteiger charge is -2.09. The minimum Gasteiger partial charge on any atom is -0.496 e. The summed E-state index contributed by atoms with van der Waals surface area (Å²) in [5, 5.41) is 16.5. The monoisotopic (exact) mass is 404 g/mol. The predicted octanol–water partition coefficient (Wildman–Crippen LogP) is 3.31.